The van der Waals surface area contributed by atoms with Gasteiger partial charge in [0.2, 0.25) is 0 Å². The first kappa shape index (κ1) is 17.6. The zero-order chi connectivity index (χ0) is 15.0. The maximum Gasteiger partial charge on any atom is 0.0701 e. The van der Waals surface area contributed by atoms with Crippen molar-refractivity contribution in [2.24, 2.45) is 5.92 Å². The van der Waals surface area contributed by atoms with E-state index in [4.69, 9.17) is 4.74 Å². The molecule has 2 fully saturated rings. The summed E-state index contributed by atoms with van der Waals surface area (Å²) in [4.78, 5) is 0. The van der Waals surface area contributed by atoms with Gasteiger partial charge in [-0.3, -0.25) is 0 Å². The Hall–Kier alpha value is 0.270. The lowest BCUT2D eigenvalue weighted by Gasteiger charge is -2.45. The van der Waals surface area contributed by atoms with Crippen LogP contribution in [0.5, 0.6) is 0 Å². The first-order valence-electron chi connectivity index (χ1n) is 9.25. The van der Waals surface area contributed by atoms with E-state index in [0.717, 1.165) is 25.1 Å². The molecule has 0 aromatic carbocycles. The Kier molecular flexibility index (Phi) is 7.90. The van der Waals surface area contributed by atoms with Crippen LogP contribution in [0.3, 0.4) is 0 Å². The number of hydrogen-bond acceptors (Lipinski definition) is 3. The number of hydrogen-bond donors (Lipinski definition) is 1. The number of nitrogens with one attached hydrogen (secondary N) is 1. The minimum Gasteiger partial charge on any atom is -0.375 e. The van der Waals surface area contributed by atoms with E-state index in [2.05, 4.69) is 30.9 Å². The Morgan fingerprint density at radius 2 is 2.00 bits per heavy atom. The summed E-state index contributed by atoms with van der Waals surface area (Å²) in [5.74, 6) is 3.44. The molecule has 1 spiro atoms. The molecule has 0 aromatic heterocycles. The highest BCUT2D eigenvalue weighted by Gasteiger charge is 2.40. The molecule has 2 rings (SSSR count). The fourth-order valence-corrected chi connectivity index (χ4v) is 5.30. The van der Waals surface area contributed by atoms with Gasteiger partial charge < -0.3 is 10.1 Å². The molecule has 2 saturated heterocycles. The SMILES string of the molecule is CCCCCCC(NCC)C1CCOC2(CCSCC2)C1. The maximum absolute atomic E-state index is 6.27. The molecule has 21 heavy (non-hydrogen) atoms. The van der Waals surface area contributed by atoms with E-state index in [1.54, 1.807) is 0 Å². The third kappa shape index (κ3) is 5.44. The Labute approximate surface area is 136 Å². The fourth-order valence-electron chi connectivity index (χ4n) is 4.06. The quantitative estimate of drug-likeness (QED) is 0.660. The highest BCUT2D eigenvalue weighted by atomic mass is 32.2. The molecule has 2 unspecified atom stereocenters. The van der Waals surface area contributed by atoms with E-state index in [0.29, 0.717) is 0 Å². The molecular formula is C18H35NOS. The van der Waals surface area contributed by atoms with Gasteiger partial charge in [0.1, 0.15) is 0 Å². The van der Waals surface area contributed by atoms with Gasteiger partial charge >= 0.3 is 0 Å². The topological polar surface area (TPSA) is 21.3 Å². The van der Waals surface area contributed by atoms with Gasteiger partial charge in [-0.1, -0.05) is 39.5 Å². The molecule has 2 aliphatic rings. The molecule has 0 saturated carbocycles. The Morgan fingerprint density at radius 3 is 2.71 bits per heavy atom. The van der Waals surface area contributed by atoms with Crippen LogP contribution in [0.1, 0.15) is 71.6 Å². The second kappa shape index (κ2) is 9.42. The third-order valence-electron chi connectivity index (χ3n) is 5.34. The zero-order valence-corrected chi connectivity index (χ0v) is 15.0. The van der Waals surface area contributed by atoms with Crippen LogP contribution in [0.4, 0.5) is 0 Å². The van der Waals surface area contributed by atoms with E-state index in [1.807, 2.05) is 0 Å². The molecule has 1 N–H and O–H groups in total. The van der Waals surface area contributed by atoms with Crippen molar-refractivity contribution in [1.29, 1.82) is 0 Å². The largest absolute Gasteiger partial charge is 0.375 e. The smallest absolute Gasteiger partial charge is 0.0701 e. The zero-order valence-electron chi connectivity index (χ0n) is 14.2. The highest BCUT2D eigenvalue weighted by molar-refractivity contribution is 7.99. The fraction of sp³-hybridized carbons (Fsp3) is 1.00. The monoisotopic (exact) mass is 313 g/mol. The van der Waals surface area contributed by atoms with Gasteiger partial charge in [-0.15, -0.1) is 0 Å². The van der Waals surface area contributed by atoms with Crippen molar-refractivity contribution in [2.45, 2.75) is 83.3 Å². The van der Waals surface area contributed by atoms with Crippen LogP contribution >= 0.6 is 11.8 Å². The van der Waals surface area contributed by atoms with Gasteiger partial charge in [0.15, 0.2) is 0 Å². The van der Waals surface area contributed by atoms with E-state index in [1.165, 1.54) is 69.3 Å². The van der Waals surface area contributed by atoms with E-state index >= 15 is 0 Å². The lowest BCUT2D eigenvalue weighted by Crippen LogP contribution is -2.48. The molecule has 124 valence electrons. The van der Waals surface area contributed by atoms with Gasteiger partial charge in [0.25, 0.3) is 0 Å². The van der Waals surface area contributed by atoms with Crippen molar-refractivity contribution in [3.8, 4) is 0 Å². The maximum atomic E-state index is 6.27. The van der Waals surface area contributed by atoms with Gasteiger partial charge in [0.05, 0.1) is 5.60 Å². The molecule has 0 radical (unpaired) electrons. The normalized spacial score (nSPS) is 26.9. The second-order valence-electron chi connectivity index (χ2n) is 6.91. The van der Waals surface area contributed by atoms with Crippen LogP contribution in [0, 0.1) is 5.92 Å². The molecular weight excluding hydrogens is 278 g/mol. The summed E-state index contributed by atoms with van der Waals surface area (Å²) in [7, 11) is 0. The molecule has 2 nitrogen and oxygen atoms in total. The van der Waals surface area contributed by atoms with Crippen molar-refractivity contribution in [3.05, 3.63) is 0 Å². The Bertz CT molecular complexity index is 273. The van der Waals surface area contributed by atoms with Gasteiger partial charge in [0, 0.05) is 12.6 Å². The number of unbranched alkanes of at least 4 members (excludes halogenated alkanes) is 3. The van der Waals surface area contributed by atoms with Gasteiger partial charge in [-0.25, -0.2) is 0 Å². The van der Waals surface area contributed by atoms with E-state index in [-0.39, 0.29) is 5.60 Å². The molecule has 2 aliphatic heterocycles. The van der Waals surface area contributed by atoms with Crippen LogP contribution in [-0.4, -0.2) is 36.3 Å². The van der Waals surface area contributed by atoms with Crippen LogP contribution in [0.15, 0.2) is 0 Å². The average Bonchev–Trinajstić information content (AvgIpc) is 2.51. The van der Waals surface area contributed by atoms with Crippen molar-refractivity contribution in [1.82, 2.24) is 5.32 Å². The van der Waals surface area contributed by atoms with Crippen LogP contribution in [0.2, 0.25) is 0 Å². The Balaban J connectivity index is 1.85. The van der Waals surface area contributed by atoms with Crippen molar-refractivity contribution in [3.63, 3.8) is 0 Å². The summed E-state index contributed by atoms with van der Waals surface area (Å²) in [5.41, 5.74) is 0.241. The lowest BCUT2D eigenvalue weighted by atomic mass is 9.77. The van der Waals surface area contributed by atoms with Crippen LogP contribution < -0.4 is 5.32 Å². The molecule has 2 atom stereocenters. The predicted molar refractivity (Wildman–Crippen MR) is 94.2 cm³/mol. The number of rotatable bonds is 8. The van der Waals surface area contributed by atoms with Gasteiger partial charge in [-0.2, -0.15) is 11.8 Å². The summed E-state index contributed by atoms with van der Waals surface area (Å²) < 4.78 is 6.27. The van der Waals surface area contributed by atoms with Crippen LogP contribution in [-0.2, 0) is 4.74 Å². The average molecular weight is 314 g/mol. The predicted octanol–water partition coefficient (Wildman–Crippen LogP) is 4.63. The minimum atomic E-state index is 0.241. The second-order valence-corrected chi connectivity index (χ2v) is 8.13. The van der Waals surface area contributed by atoms with Crippen molar-refractivity contribution in [2.75, 3.05) is 24.7 Å². The number of ether oxygens (including phenoxy) is 1. The van der Waals surface area contributed by atoms with E-state index < -0.39 is 0 Å². The highest BCUT2D eigenvalue weighted by Crippen LogP contribution is 2.41. The molecule has 0 aromatic rings. The molecule has 0 amide bonds. The number of thioether (sulfide) groups is 1. The Morgan fingerprint density at radius 1 is 1.19 bits per heavy atom. The summed E-state index contributed by atoms with van der Waals surface area (Å²) in [5, 5.41) is 3.79. The molecule has 2 heterocycles. The molecule has 3 heteroatoms. The first-order chi connectivity index (χ1) is 10.3. The van der Waals surface area contributed by atoms with Gasteiger partial charge in [-0.05, 0) is 56.1 Å². The first-order valence-corrected chi connectivity index (χ1v) is 10.4. The summed E-state index contributed by atoms with van der Waals surface area (Å²) in [6.45, 7) is 6.65. The summed E-state index contributed by atoms with van der Waals surface area (Å²) in [6.07, 6.45) is 12.0. The standard InChI is InChI=1S/C18H35NOS/c1-3-5-6-7-8-17(19-4-2)16-9-12-20-18(15-16)10-13-21-14-11-18/h16-17,19H,3-15H2,1-2H3. The lowest BCUT2D eigenvalue weighted by molar-refractivity contribution is -0.107. The minimum absolute atomic E-state index is 0.241. The molecule has 0 aliphatic carbocycles. The van der Waals surface area contributed by atoms with Crippen molar-refractivity contribution >= 4 is 11.8 Å². The third-order valence-corrected chi connectivity index (χ3v) is 6.32. The summed E-state index contributed by atoms with van der Waals surface area (Å²) >= 11 is 2.11. The van der Waals surface area contributed by atoms with Crippen LogP contribution in [0.25, 0.3) is 0 Å². The summed E-state index contributed by atoms with van der Waals surface area (Å²) in [6, 6.07) is 0.724. The van der Waals surface area contributed by atoms with E-state index in [9.17, 15) is 0 Å². The molecule has 0 bridgehead atoms. The van der Waals surface area contributed by atoms with Crippen molar-refractivity contribution < 1.29 is 4.74 Å².